The molecule has 1 heterocycles. The number of unbranched alkanes of at least 4 members (excludes halogenated alkanes) is 42. The molecule has 1 rings (SSSR count). The lowest BCUT2D eigenvalue weighted by Crippen LogP contribution is -2.60. The van der Waals surface area contributed by atoms with Crippen LogP contribution in [0.2, 0.25) is 0 Å². The van der Waals surface area contributed by atoms with Gasteiger partial charge in [0, 0.05) is 6.42 Å². The molecule has 0 aromatic rings. The van der Waals surface area contributed by atoms with Gasteiger partial charge in [-0.2, -0.15) is 0 Å². The molecule has 0 aliphatic carbocycles. The second-order valence-electron chi connectivity index (χ2n) is 24.0. The minimum Gasteiger partial charge on any atom is -0.394 e. The van der Waals surface area contributed by atoms with E-state index in [4.69, 9.17) is 9.47 Å². The third-order valence-electron chi connectivity index (χ3n) is 16.3. The topological polar surface area (TPSA) is 149 Å². The molecule has 1 aliphatic heterocycles. The quantitative estimate of drug-likeness (QED) is 0.0261. The summed E-state index contributed by atoms with van der Waals surface area (Å²) < 4.78 is 11.3. The Morgan fingerprint density at radius 2 is 0.750 bits per heavy atom. The molecule has 9 nitrogen and oxygen atoms in total. The Morgan fingerprint density at radius 1 is 0.425 bits per heavy atom. The molecule has 1 fully saturated rings. The number of aliphatic hydroxyl groups is 5. The molecule has 7 unspecified atom stereocenters. The number of carbonyl (C=O) groups excluding carboxylic acids is 1. The summed E-state index contributed by atoms with van der Waals surface area (Å²) in [5, 5.41) is 54.7. The average molecular weight is 1130 g/mol. The molecule has 0 bridgehead atoms. The zero-order chi connectivity index (χ0) is 57.9. The standard InChI is InChI=1S/C71H131NO8/c1-3-5-7-9-11-13-15-17-19-21-23-25-27-29-31-32-33-34-35-37-39-41-43-45-47-49-51-53-55-57-59-61-67(75)72-64(63-79-71-70(78)69(77)68(76)66(62-73)80-71)65(74)60-58-56-54-52-50-48-46-44-42-40-38-36-30-28-26-24-22-20-18-16-14-12-10-8-6-4-2/h15,17,21,23,27,29,50,52,58,60,64-66,68-71,73-74,76-78H,3-14,16,18-20,22,24-26,28,30-49,51,53-57,59,61-63H2,1-2H3,(H,72,75)/b17-15-,23-21-,29-27-,52-50+,60-58+. The van der Waals surface area contributed by atoms with Gasteiger partial charge in [0.1, 0.15) is 24.4 Å². The lowest BCUT2D eigenvalue weighted by Gasteiger charge is -2.40. The Hall–Kier alpha value is -2.11. The van der Waals surface area contributed by atoms with Crippen LogP contribution >= 0.6 is 0 Å². The maximum Gasteiger partial charge on any atom is 0.220 e. The zero-order valence-electron chi connectivity index (χ0n) is 52.3. The van der Waals surface area contributed by atoms with Crippen molar-refractivity contribution >= 4 is 5.91 Å². The van der Waals surface area contributed by atoms with Gasteiger partial charge in [-0.1, -0.05) is 312 Å². The van der Waals surface area contributed by atoms with Crippen LogP contribution in [0.3, 0.4) is 0 Å². The van der Waals surface area contributed by atoms with E-state index in [0.29, 0.717) is 6.42 Å². The van der Waals surface area contributed by atoms with Crippen molar-refractivity contribution in [3.05, 3.63) is 60.8 Å². The molecule has 468 valence electrons. The minimum atomic E-state index is -1.57. The number of nitrogens with one attached hydrogen (secondary N) is 1. The molecule has 1 amide bonds. The lowest BCUT2D eigenvalue weighted by atomic mass is 9.99. The van der Waals surface area contributed by atoms with Crippen LogP contribution in [0.25, 0.3) is 0 Å². The summed E-state index contributed by atoms with van der Waals surface area (Å²) in [6.07, 6.45) is 76.1. The molecule has 9 heteroatoms. The Balaban J connectivity index is 2.16. The number of hydrogen-bond acceptors (Lipinski definition) is 8. The molecule has 0 radical (unpaired) electrons. The van der Waals surface area contributed by atoms with Crippen molar-refractivity contribution in [1.29, 1.82) is 0 Å². The van der Waals surface area contributed by atoms with E-state index in [0.717, 1.165) is 51.4 Å². The summed E-state index contributed by atoms with van der Waals surface area (Å²) in [6.45, 7) is 3.79. The molecule has 0 aromatic carbocycles. The predicted octanol–water partition coefficient (Wildman–Crippen LogP) is 18.6. The van der Waals surface area contributed by atoms with Gasteiger partial charge in [-0.25, -0.2) is 0 Å². The lowest BCUT2D eigenvalue weighted by molar-refractivity contribution is -0.302. The molecule has 0 saturated carbocycles. The fourth-order valence-electron chi connectivity index (χ4n) is 10.9. The highest BCUT2D eigenvalue weighted by Gasteiger charge is 2.44. The van der Waals surface area contributed by atoms with Crippen LogP contribution in [-0.4, -0.2) is 87.5 Å². The number of hydrogen-bond donors (Lipinski definition) is 6. The summed E-state index contributed by atoms with van der Waals surface area (Å²) in [5.41, 5.74) is 0. The second kappa shape index (κ2) is 60.0. The van der Waals surface area contributed by atoms with Crippen LogP contribution in [0.5, 0.6) is 0 Å². The molecule has 0 spiro atoms. The van der Waals surface area contributed by atoms with Gasteiger partial charge in [0.2, 0.25) is 5.91 Å². The third-order valence-corrected chi connectivity index (χ3v) is 16.3. The normalized spacial score (nSPS) is 18.8. The van der Waals surface area contributed by atoms with E-state index in [1.807, 2.05) is 6.08 Å². The van der Waals surface area contributed by atoms with Crippen LogP contribution in [0, 0.1) is 0 Å². The van der Waals surface area contributed by atoms with E-state index in [-0.39, 0.29) is 12.5 Å². The van der Waals surface area contributed by atoms with Crippen molar-refractivity contribution in [2.75, 3.05) is 13.2 Å². The second-order valence-corrected chi connectivity index (χ2v) is 24.0. The number of amides is 1. The van der Waals surface area contributed by atoms with Gasteiger partial charge in [-0.3, -0.25) is 4.79 Å². The first-order valence-electron chi connectivity index (χ1n) is 34.5. The van der Waals surface area contributed by atoms with Gasteiger partial charge in [-0.05, 0) is 70.6 Å². The van der Waals surface area contributed by atoms with E-state index >= 15 is 0 Å². The van der Waals surface area contributed by atoms with Crippen molar-refractivity contribution < 1.29 is 39.8 Å². The van der Waals surface area contributed by atoms with E-state index < -0.39 is 49.5 Å². The number of rotatable bonds is 60. The molecule has 7 atom stereocenters. The number of aliphatic hydroxyl groups excluding tert-OH is 5. The fraction of sp³-hybridized carbons (Fsp3) is 0.845. The van der Waals surface area contributed by atoms with Crippen LogP contribution in [-0.2, 0) is 14.3 Å². The first-order valence-corrected chi connectivity index (χ1v) is 34.5. The highest BCUT2D eigenvalue weighted by molar-refractivity contribution is 5.76. The number of carbonyl (C=O) groups is 1. The molecule has 80 heavy (non-hydrogen) atoms. The van der Waals surface area contributed by atoms with Gasteiger partial charge in [0.15, 0.2) is 6.29 Å². The fourth-order valence-corrected chi connectivity index (χ4v) is 10.9. The zero-order valence-corrected chi connectivity index (χ0v) is 52.3. The maximum atomic E-state index is 13.1. The SMILES string of the molecule is CCCCCCC/C=C\C/C=C\C/C=C\CCCCCCCCCCCCCCCCCCC(=O)NC(COC1OC(CO)C(O)C(O)C1O)C(O)/C=C/CC/C=C/CCCCCCCCCCCCCCCCCCCCCC. The van der Waals surface area contributed by atoms with Gasteiger partial charge >= 0.3 is 0 Å². The summed E-state index contributed by atoms with van der Waals surface area (Å²) >= 11 is 0. The number of ether oxygens (including phenoxy) is 2. The molecular formula is C71H131NO8. The van der Waals surface area contributed by atoms with E-state index in [1.54, 1.807) is 6.08 Å². The Bertz CT molecular complexity index is 1450. The van der Waals surface area contributed by atoms with Gasteiger partial charge in [-0.15, -0.1) is 0 Å². The van der Waals surface area contributed by atoms with Gasteiger partial charge in [0.05, 0.1) is 25.4 Å². The third kappa shape index (κ3) is 48.3. The smallest absolute Gasteiger partial charge is 0.220 e. The maximum absolute atomic E-state index is 13.1. The van der Waals surface area contributed by atoms with Crippen LogP contribution < -0.4 is 5.32 Å². The van der Waals surface area contributed by atoms with Crippen LogP contribution in [0.4, 0.5) is 0 Å². The van der Waals surface area contributed by atoms with Crippen molar-refractivity contribution in [3.8, 4) is 0 Å². The van der Waals surface area contributed by atoms with Crippen molar-refractivity contribution in [3.63, 3.8) is 0 Å². The van der Waals surface area contributed by atoms with Crippen molar-refractivity contribution in [1.82, 2.24) is 5.32 Å². The minimum absolute atomic E-state index is 0.183. The largest absolute Gasteiger partial charge is 0.394 e. The molecule has 1 aliphatic rings. The van der Waals surface area contributed by atoms with Gasteiger partial charge in [0.25, 0.3) is 0 Å². The number of allylic oxidation sites excluding steroid dienone is 9. The molecule has 1 saturated heterocycles. The molecule has 6 N–H and O–H groups in total. The first kappa shape index (κ1) is 75.9. The van der Waals surface area contributed by atoms with Crippen LogP contribution in [0.1, 0.15) is 328 Å². The van der Waals surface area contributed by atoms with E-state index in [9.17, 15) is 30.3 Å². The van der Waals surface area contributed by atoms with Crippen molar-refractivity contribution in [2.45, 2.75) is 371 Å². The van der Waals surface area contributed by atoms with Crippen LogP contribution in [0.15, 0.2) is 60.8 Å². The summed E-state index contributed by atoms with van der Waals surface area (Å²) in [6, 6.07) is -0.825. The average Bonchev–Trinajstić information content (AvgIpc) is 3.46. The Kier molecular flexibility index (Phi) is 57.0. The summed E-state index contributed by atoms with van der Waals surface area (Å²) in [4.78, 5) is 13.1. The summed E-state index contributed by atoms with van der Waals surface area (Å²) in [5.74, 6) is -0.183. The van der Waals surface area contributed by atoms with E-state index in [2.05, 4.69) is 67.8 Å². The van der Waals surface area contributed by atoms with Crippen molar-refractivity contribution in [2.24, 2.45) is 0 Å². The highest BCUT2D eigenvalue weighted by atomic mass is 16.7. The highest BCUT2D eigenvalue weighted by Crippen LogP contribution is 2.23. The predicted molar refractivity (Wildman–Crippen MR) is 341 cm³/mol. The van der Waals surface area contributed by atoms with E-state index in [1.165, 1.54) is 257 Å². The Morgan fingerprint density at radius 3 is 1.14 bits per heavy atom. The monoisotopic (exact) mass is 1130 g/mol. The molecular weight excluding hydrogens is 995 g/mol. The Labute approximate surface area is 494 Å². The van der Waals surface area contributed by atoms with Gasteiger partial charge < -0.3 is 40.3 Å². The molecule has 0 aromatic heterocycles. The first-order chi connectivity index (χ1) is 39.3. The summed E-state index contributed by atoms with van der Waals surface area (Å²) in [7, 11) is 0.